The van der Waals surface area contributed by atoms with Crippen molar-refractivity contribution in [1.29, 1.82) is 0 Å². The maximum atomic E-state index is 12.7. The molecule has 13 heteroatoms. The molecule has 0 unspecified atom stereocenters. The molecule has 0 aromatic carbocycles. The zero-order chi connectivity index (χ0) is 22.6. The lowest BCUT2D eigenvalue weighted by Gasteiger charge is -2.12. The summed E-state index contributed by atoms with van der Waals surface area (Å²) < 4.78 is 40.0. The van der Waals surface area contributed by atoms with Crippen LogP contribution in [-0.2, 0) is 29.2 Å². The average Bonchev–Trinajstić information content (AvgIpc) is 2.97. The van der Waals surface area contributed by atoms with Crippen LogP contribution in [0.15, 0.2) is 9.59 Å². The third-order valence-corrected chi connectivity index (χ3v) is 5.86. The summed E-state index contributed by atoms with van der Waals surface area (Å²) in [4.78, 5) is 48.7. The monoisotopic (exact) mass is 468 g/mol. The molecular weight excluding hydrogens is 449 g/mol. The van der Waals surface area contributed by atoms with Crippen LogP contribution in [0.4, 0.5) is 13.2 Å². The van der Waals surface area contributed by atoms with Crippen LogP contribution in [0.1, 0.15) is 23.8 Å². The predicted octanol–water partition coefficient (Wildman–Crippen LogP) is 1.48. The molecule has 0 saturated heterocycles. The first-order valence-corrected chi connectivity index (χ1v) is 10.3. The molecule has 2 N–H and O–H groups in total. The Kier molecular flexibility index (Phi) is 7.83. The number of rotatable bonds is 8. The summed E-state index contributed by atoms with van der Waals surface area (Å²) in [5.41, 5.74) is -0.835. The third-order valence-electron chi connectivity index (χ3n) is 4.30. The number of nitrogens with zero attached hydrogens (tertiary/aromatic N) is 2. The molecule has 0 aliphatic rings. The van der Waals surface area contributed by atoms with Crippen LogP contribution in [0.3, 0.4) is 0 Å². The molecule has 2 aromatic heterocycles. The number of aryl methyl sites for hydroxylation is 2. The van der Waals surface area contributed by atoms with Crippen molar-refractivity contribution < 1.29 is 22.8 Å². The molecule has 0 fully saturated rings. The van der Waals surface area contributed by atoms with Crippen molar-refractivity contribution in [3.63, 3.8) is 0 Å². The zero-order valence-corrected chi connectivity index (χ0v) is 17.8. The van der Waals surface area contributed by atoms with E-state index in [1.54, 1.807) is 13.8 Å². The number of hydrogen-bond donors (Lipinski definition) is 2. The summed E-state index contributed by atoms with van der Waals surface area (Å²) in [5.74, 6) is -1.61. The van der Waals surface area contributed by atoms with Crippen molar-refractivity contribution in [2.75, 3.05) is 12.4 Å². The number of amides is 2. The van der Waals surface area contributed by atoms with E-state index >= 15 is 0 Å². The van der Waals surface area contributed by atoms with Crippen LogP contribution in [0.5, 0.6) is 0 Å². The minimum absolute atomic E-state index is 0.0251. The first-order chi connectivity index (χ1) is 14.0. The van der Waals surface area contributed by atoms with Crippen molar-refractivity contribution in [1.82, 2.24) is 19.8 Å². The van der Waals surface area contributed by atoms with Gasteiger partial charge in [0.25, 0.3) is 5.56 Å². The predicted molar refractivity (Wildman–Crippen MR) is 107 cm³/mol. The highest BCUT2D eigenvalue weighted by Crippen LogP contribution is 2.29. The Labute approximate surface area is 177 Å². The van der Waals surface area contributed by atoms with E-state index in [0.29, 0.717) is 10.4 Å². The molecule has 166 valence electrons. The van der Waals surface area contributed by atoms with Crippen LogP contribution >= 0.6 is 22.9 Å². The van der Waals surface area contributed by atoms with Crippen molar-refractivity contribution in [3.8, 4) is 0 Å². The summed E-state index contributed by atoms with van der Waals surface area (Å²) in [5, 5.41) is 5.03. The number of nitrogens with one attached hydrogen (secondary N) is 2. The number of imide groups is 1. The average molecular weight is 469 g/mol. The Morgan fingerprint density at radius 2 is 1.83 bits per heavy atom. The second kappa shape index (κ2) is 9.75. The van der Waals surface area contributed by atoms with Gasteiger partial charge >= 0.3 is 11.9 Å². The van der Waals surface area contributed by atoms with E-state index in [4.69, 9.17) is 11.6 Å². The number of hydrogen-bond acceptors (Lipinski definition) is 6. The maximum absolute atomic E-state index is 12.7. The van der Waals surface area contributed by atoms with Gasteiger partial charge in [-0.1, -0.05) is 0 Å². The van der Waals surface area contributed by atoms with Crippen LogP contribution in [0.25, 0.3) is 10.2 Å². The van der Waals surface area contributed by atoms with Gasteiger partial charge in [-0.05, 0) is 19.4 Å². The highest BCUT2D eigenvalue weighted by Gasteiger charge is 2.28. The lowest BCUT2D eigenvalue weighted by molar-refractivity contribution is -0.136. The van der Waals surface area contributed by atoms with Crippen molar-refractivity contribution in [3.05, 3.63) is 31.3 Å². The molecule has 2 amide bonds. The molecule has 2 aromatic rings. The molecule has 0 aliphatic carbocycles. The Morgan fingerprint density at radius 1 is 1.17 bits per heavy atom. The molecule has 8 nitrogen and oxygen atoms in total. The zero-order valence-electron chi connectivity index (χ0n) is 16.2. The Balaban J connectivity index is 2.37. The second-order valence-electron chi connectivity index (χ2n) is 6.39. The SMILES string of the molecule is CCn1c(=O)c2c(C)c(CNCC(=O)NC(=O)CCl)sc2n(CCC(F)(F)F)c1=O. The van der Waals surface area contributed by atoms with E-state index in [1.165, 1.54) is 0 Å². The number of halogens is 4. The van der Waals surface area contributed by atoms with Crippen LogP contribution < -0.4 is 21.9 Å². The smallest absolute Gasteiger partial charge is 0.303 e. The summed E-state index contributed by atoms with van der Waals surface area (Å²) in [6.07, 6.45) is -5.66. The van der Waals surface area contributed by atoms with Gasteiger partial charge in [0, 0.05) is 24.5 Å². The molecule has 2 heterocycles. The van der Waals surface area contributed by atoms with Gasteiger partial charge in [0.15, 0.2) is 0 Å². The lowest BCUT2D eigenvalue weighted by Crippen LogP contribution is -2.39. The minimum Gasteiger partial charge on any atom is -0.303 e. The van der Waals surface area contributed by atoms with Crippen molar-refractivity contribution in [2.45, 2.75) is 46.1 Å². The summed E-state index contributed by atoms with van der Waals surface area (Å²) in [6, 6.07) is 0. The van der Waals surface area contributed by atoms with Gasteiger partial charge in [-0.15, -0.1) is 22.9 Å². The molecule has 30 heavy (non-hydrogen) atoms. The standard InChI is InChI=1S/C17H20ClF3N4O4S/c1-3-24-14(28)13-9(2)10(7-22-8-12(27)23-11(26)6-18)30-15(13)25(16(24)29)5-4-17(19,20)21/h22H,3-8H2,1-2H3,(H,23,26,27). The van der Waals surface area contributed by atoms with Gasteiger partial charge < -0.3 is 5.32 Å². The minimum atomic E-state index is -4.45. The number of carbonyl (C=O) groups excluding carboxylic acids is 2. The van der Waals surface area contributed by atoms with Crippen LogP contribution in [0.2, 0.25) is 0 Å². The van der Waals surface area contributed by atoms with Crippen molar-refractivity contribution in [2.24, 2.45) is 0 Å². The second-order valence-corrected chi connectivity index (χ2v) is 7.74. The van der Waals surface area contributed by atoms with Gasteiger partial charge in [0.2, 0.25) is 11.8 Å². The number of carbonyl (C=O) groups is 2. The molecule has 0 bridgehead atoms. The first kappa shape index (κ1) is 24.1. The van der Waals surface area contributed by atoms with Gasteiger partial charge in [0.1, 0.15) is 10.7 Å². The fraction of sp³-hybridized carbons (Fsp3) is 0.529. The van der Waals surface area contributed by atoms with E-state index < -0.39 is 42.2 Å². The van der Waals surface area contributed by atoms with Crippen LogP contribution in [0, 0.1) is 6.92 Å². The molecule has 0 radical (unpaired) electrons. The summed E-state index contributed by atoms with van der Waals surface area (Å²) in [6.45, 7) is 2.52. The summed E-state index contributed by atoms with van der Waals surface area (Å²) in [7, 11) is 0. The van der Waals surface area contributed by atoms with Gasteiger partial charge in [0.05, 0.1) is 18.4 Å². The normalized spacial score (nSPS) is 11.8. The topological polar surface area (TPSA) is 102 Å². The third kappa shape index (κ3) is 5.49. The Hall–Kier alpha value is -2.18. The molecule has 0 aliphatic heterocycles. The highest BCUT2D eigenvalue weighted by molar-refractivity contribution is 7.18. The highest BCUT2D eigenvalue weighted by atomic mass is 35.5. The summed E-state index contributed by atoms with van der Waals surface area (Å²) >= 11 is 6.32. The number of fused-ring (bicyclic) bond motifs is 1. The largest absolute Gasteiger partial charge is 0.390 e. The molecule has 0 saturated carbocycles. The van der Waals surface area contributed by atoms with Crippen LogP contribution in [-0.4, -0.2) is 39.5 Å². The molecular formula is C17H20ClF3N4O4S. The van der Waals surface area contributed by atoms with E-state index in [9.17, 15) is 32.3 Å². The number of thiophene rings is 1. The number of aromatic nitrogens is 2. The fourth-order valence-electron chi connectivity index (χ4n) is 2.85. The Morgan fingerprint density at radius 3 is 2.40 bits per heavy atom. The number of alkyl halides is 4. The van der Waals surface area contributed by atoms with E-state index in [-0.39, 0.29) is 35.7 Å². The first-order valence-electron chi connectivity index (χ1n) is 8.91. The van der Waals surface area contributed by atoms with Gasteiger partial charge in [-0.25, -0.2) is 4.79 Å². The molecule has 0 atom stereocenters. The maximum Gasteiger partial charge on any atom is 0.390 e. The van der Waals surface area contributed by atoms with E-state index in [0.717, 1.165) is 20.5 Å². The van der Waals surface area contributed by atoms with Crippen molar-refractivity contribution >= 4 is 45.0 Å². The Bertz CT molecular complexity index is 1070. The molecule has 2 rings (SSSR count). The van der Waals surface area contributed by atoms with E-state index in [2.05, 4.69) is 10.6 Å². The fourth-order valence-corrected chi connectivity index (χ4v) is 4.20. The quantitative estimate of drug-likeness (QED) is 0.571. The lowest BCUT2D eigenvalue weighted by atomic mass is 10.2. The van der Waals surface area contributed by atoms with E-state index in [1.807, 2.05) is 0 Å². The van der Waals surface area contributed by atoms with Gasteiger partial charge in [-0.3, -0.25) is 28.8 Å². The van der Waals surface area contributed by atoms with Gasteiger partial charge in [-0.2, -0.15) is 13.2 Å². The molecule has 0 spiro atoms.